The molecule has 2 aliphatic rings. The molecule has 2 bridgehead atoms. The smallest absolute Gasteiger partial charge is 0.326 e. The van der Waals surface area contributed by atoms with Gasteiger partial charge in [0.15, 0.2) is 0 Å². The summed E-state index contributed by atoms with van der Waals surface area (Å²) in [5, 5.41) is 3.32. The van der Waals surface area contributed by atoms with E-state index in [4.69, 9.17) is 4.74 Å². The molecular weight excluding hydrogens is 178 g/mol. The summed E-state index contributed by atoms with van der Waals surface area (Å²) >= 11 is 0. The Bertz CT molecular complexity index is 187. The summed E-state index contributed by atoms with van der Waals surface area (Å²) in [5.41, 5.74) is -0.292. The zero-order chi connectivity index (χ0) is 7.90. The lowest BCUT2D eigenvalue weighted by molar-refractivity contribution is -0.147. The lowest BCUT2D eigenvalue weighted by Crippen LogP contribution is -2.45. The van der Waals surface area contributed by atoms with Gasteiger partial charge >= 0.3 is 5.97 Å². The third-order valence-corrected chi connectivity index (χ3v) is 2.90. The van der Waals surface area contributed by atoms with Gasteiger partial charge in [-0.3, -0.25) is 10.1 Å². The molecule has 0 aromatic rings. The second-order valence-electron chi connectivity index (χ2n) is 3.49. The topological polar surface area (TPSA) is 38.3 Å². The number of hydrogen-bond donors (Lipinski definition) is 1. The van der Waals surface area contributed by atoms with Crippen LogP contribution in [0.15, 0.2) is 0 Å². The standard InChI is InChI=1S/C8H13NO2.ClH/c1-11-7(10)8-4-2-6(9-8)3-5-8;/h6,9H,2-5H2,1H3;1H/t6-,8-;. The van der Waals surface area contributed by atoms with Crippen molar-refractivity contribution in [3.8, 4) is 0 Å². The highest BCUT2D eigenvalue weighted by Crippen LogP contribution is 2.38. The first kappa shape index (κ1) is 9.81. The summed E-state index contributed by atoms with van der Waals surface area (Å²) in [5.74, 6) is -0.0718. The maximum absolute atomic E-state index is 11.3. The van der Waals surface area contributed by atoms with Crippen molar-refractivity contribution in [2.45, 2.75) is 37.3 Å². The summed E-state index contributed by atoms with van der Waals surface area (Å²) < 4.78 is 4.75. The molecule has 0 unspecified atom stereocenters. The maximum atomic E-state index is 11.3. The van der Waals surface area contributed by atoms with Gasteiger partial charge in [0.05, 0.1) is 7.11 Å². The largest absolute Gasteiger partial charge is 0.468 e. The van der Waals surface area contributed by atoms with Crippen molar-refractivity contribution in [1.82, 2.24) is 5.32 Å². The maximum Gasteiger partial charge on any atom is 0.326 e. The van der Waals surface area contributed by atoms with E-state index in [1.165, 1.54) is 7.11 Å². The van der Waals surface area contributed by atoms with Crippen molar-refractivity contribution in [1.29, 1.82) is 0 Å². The molecule has 1 N–H and O–H groups in total. The quantitative estimate of drug-likeness (QED) is 0.625. The monoisotopic (exact) mass is 191 g/mol. The average molecular weight is 192 g/mol. The Balaban J connectivity index is 0.000000720. The molecule has 2 aliphatic heterocycles. The van der Waals surface area contributed by atoms with Crippen LogP contribution in [-0.2, 0) is 9.53 Å². The molecular formula is C8H14ClNO2. The molecule has 0 amide bonds. The summed E-state index contributed by atoms with van der Waals surface area (Å²) in [6.07, 6.45) is 4.19. The Hall–Kier alpha value is -0.280. The lowest BCUT2D eigenvalue weighted by Gasteiger charge is -2.21. The van der Waals surface area contributed by atoms with Gasteiger partial charge in [-0.2, -0.15) is 0 Å². The summed E-state index contributed by atoms with van der Waals surface area (Å²) in [6, 6.07) is 0.578. The predicted molar refractivity (Wildman–Crippen MR) is 47.4 cm³/mol. The van der Waals surface area contributed by atoms with Crippen LogP contribution in [0, 0.1) is 0 Å². The number of esters is 1. The van der Waals surface area contributed by atoms with Gasteiger partial charge in [-0.25, -0.2) is 0 Å². The number of carbonyl (C=O) groups excluding carboxylic acids is 1. The van der Waals surface area contributed by atoms with Crippen LogP contribution in [0.1, 0.15) is 25.7 Å². The van der Waals surface area contributed by atoms with Gasteiger partial charge in [0.25, 0.3) is 0 Å². The zero-order valence-corrected chi connectivity index (χ0v) is 7.95. The van der Waals surface area contributed by atoms with E-state index in [1.807, 2.05) is 0 Å². The normalized spacial score (nSPS) is 37.6. The summed E-state index contributed by atoms with van der Waals surface area (Å²) in [6.45, 7) is 0. The van der Waals surface area contributed by atoms with Crippen LogP contribution in [0.2, 0.25) is 0 Å². The predicted octanol–water partition coefficient (Wildman–Crippen LogP) is 0.866. The van der Waals surface area contributed by atoms with Gasteiger partial charge in [0, 0.05) is 6.04 Å². The molecule has 0 atom stereocenters. The summed E-state index contributed by atoms with van der Waals surface area (Å²) in [7, 11) is 1.46. The van der Waals surface area contributed by atoms with Crippen LogP contribution in [0.25, 0.3) is 0 Å². The highest BCUT2D eigenvalue weighted by Gasteiger charge is 2.50. The molecule has 12 heavy (non-hydrogen) atoms. The van der Waals surface area contributed by atoms with E-state index in [9.17, 15) is 4.79 Å². The number of methoxy groups -OCH3 is 1. The fourth-order valence-electron chi connectivity index (χ4n) is 2.25. The molecule has 0 radical (unpaired) electrons. The number of carbonyl (C=O) groups is 1. The van der Waals surface area contributed by atoms with Crippen molar-refractivity contribution in [2.75, 3.05) is 7.11 Å². The first-order chi connectivity index (χ1) is 5.27. The molecule has 3 nitrogen and oxygen atoms in total. The molecule has 2 saturated heterocycles. The van der Waals surface area contributed by atoms with Crippen molar-refractivity contribution < 1.29 is 9.53 Å². The Kier molecular flexibility index (Phi) is 2.64. The minimum absolute atomic E-state index is 0. The summed E-state index contributed by atoms with van der Waals surface area (Å²) in [4.78, 5) is 11.3. The minimum atomic E-state index is -0.292. The van der Waals surface area contributed by atoms with Crippen LogP contribution < -0.4 is 5.32 Å². The van der Waals surface area contributed by atoms with Crippen molar-refractivity contribution in [2.24, 2.45) is 0 Å². The molecule has 0 aromatic heterocycles. The Morgan fingerprint density at radius 2 is 2.08 bits per heavy atom. The Morgan fingerprint density at radius 1 is 1.50 bits per heavy atom. The van der Waals surface area contributed by atoms with Crippen LogP contribution in [0.4, 0.5) is 0 Å². The molecule has 0 aliphatic carbocycles. The van der Waals surface area contributed by atoms with E-state index in [2.05, 4.69) is 5.32 Å². The first-order valence-corrected chi connectivity index (χ1v) is 4.13. The fourth-order valence-corrected chi connectivity index (χ4v) is 2.25. The molecule has 2 heterocycles. The molecule has 0 aromatic carbocycles. The molecule has 70 valence electrons. The molecule has 0 saturated carbocycles. The van der Waals surface area contributed by atoms with Gasteiger partial charge in [-0.1, -0.05) is 0 Å². The number of fused-ring (bicyclic) bond motifs is 2. The SMILES string of the molecule is COC(=O)[C@]12CC[C@@H](CC1)N2.Cl. The second kappa shape index (κ2) is 3.23. The minimum Gasteiger partial charge on any atom is -0.468 e. The van der Waals surface area contributed by atoms with Gasteiger partial charge in [0.2, 0.25) is 0 Å². The van der Waals surface area contributed by atoms with E-state index < -0.39 is 0 Å². The van der Waals surface area contributed by atoms with E-state index in [0.29, 0.717) is 6.04 Å². The third-order valence-electron chi connectivity index (χ3n) is 2.90. The second-order valence-corrected chi connectivity index (χ2v) is 3.49. The van der Waals surface area contributed by atoms with Gasteiger partial charge < -0.3 is 4.74 Å². The van der Waals surface area contributed by atoms with Crippen molar-refractivity contribution in [3.63, 3.8) is 0 Å². The molecule has 2 rings (SSSR count). The highest BCUT2D eigenvalue weighted by atomic mass is 35.5. The first-order valence-electron chi connectivity index (χ1n) is 4.13. The van der Waals surface area contributed by atoms with Crippen molar-refractivity contribution in [3.05, 3.63) is 0 Å². The zero-order valence-electron chi connectivity index (χ0n) is 7.13. The Morgan fingerprint density at radius 3 is 2.42 bits per heavy atom. The number of halogens is 1. The molecule has 0 spiro atoms. The van der Waals surface area contributed by atoms with Crippen LogP contribution in [-0.4, -0.2) is 24.7 Å². The number of rotatable bonds is 1. The van der Waals surface area contributed by atoms with Crippen LogP contribution >= 0.6 is 12.4 Å². The molecule has 2 fully saturated rings. The highest BCUT2D eigenvalue weighted by molar-refractivity contribution is 5.85. The Labute approximate surface area is 78.3 Å². The number of nitrogens with one attached hydrogen (secondary N) is 1. The van der Waals surface area contributed by atoms with Crippen molar-refractivity contribution >= 4 is 18.4 Å². The molecule has 4 heteroatoms. The van der Waals surface area contributed by atoms with E-state index in [0.717, 1.165) is 25.7 Å². The van der Waals surface area contributed by atoms with E-state index >= 15 is 0 Å². The average Bonchev–Trinajstić information content (AvgIpc) is 2.62. The van der Waals surface area contributed by atoms with Gasteiger partial charge in [-0.05, 0) is 25.7 Å². The van der Waals surface area contributed by atoms with Gasteiger partial charge in [-0.15, -0.1) is 12.4 Å². The van der Waals surface area contributed by atoms with Gasteiger partial charge in [0.1, 0.15) is 5.54 Å². The van der Waals surface area contributed by atoms with E-state index in [1.54, 1.807) is 0 Å². The van der Waals surface area contributed by atoms with E-state index in [-0.39, 0.29) is 23.9 Å². The number of ether oxygens (including phenoxy) is 1. The van der Waals surface area contributed by atoms with Crippen LogP contribution in [0.3, 0.4) is 0 Å². The lowest BCUT2D eigenvalue weighted by atomic mass is 9.88. The number of hydrogen-bond acceptors (Lipinski definition) is 3. The fraction of sp³-hybridized carbons (Fsp3) is 0.875. The van der Waals surface area contributed by atoms with Crippen LogP contribution in [0.5, 0.6) is 0 Å². The third kappa shape index (κ3) is 1.21.